The number of amides is 1. The first kappa shape index (κ1) is 12.8. The van der Waals surface area contributed by atoms with Crippen LogP contribution in [0.25, 0.3) is 0 Å². The maximum Gasteiger partial charge on any atom is 0.233 e. The number of rotatable bonds is 6. The molecule has 1 heterocycles. The van der Waals surface area contributed by atoms with Crippen molar-refractivity contribution in [3.63, 3.8) is 0 Å². The van der Waals surface area contributed by atoms with Gasteiger partial charge in [0.1, 0.15) is 0 Å². The van der Waals surface area contributed by atoms with Crippen molar-refractivity contribution >= 4 is 5.91 Å². The molecule has 0 bridgehead atoms. The highest BCUT2D eigenvalue weighted by molar-refractivity contribution is 5.75. The Morgan fingerprint density at radius 2 is 1.88 bits per heavy atom. The number of hydrogen-bond acceptors (Lipinski definition) is 4. The van der Waals surface area contributed by atoms with Gasteiger partial charge in [-0.25, -0.2) is 5.84 Å². The summed E-state index contributed by atoms with van der Waals surface area (Å²) in [5.41, 5.74) is 2.17. The first-order chi connectivity index (χ1) is 8.29. The van der Waals surface area contributed by atoms with E-state index in [-0.39, 0.29) is 5.91 Å². The lowest BCUT2D eigenvalue weighted by atomic mass is 10.2. The van der Waals surface area contributed by atoms with E-state index in [1.807, 2.05) is 0 Å². The van der Waals surface area contributed by atoms with E-state index in [0.717, 1.165) is 25.4 Å². The van der Waals surface area contributed by atoms with Crippen LogP contribution in [0.4, 0.5) is 0 Å². The lowest BCUT2D eigenvalue weighted by Gasteiger charge is -2.34. The number of piperazine rings is 1. The second-order valence-electron chi connectivity index (χ2n) is 5.13. The molecule has 0 aromatic rings. The Bertz CT molecular complexity index is 247. The fraction of sp³-hybridized carbons (Fsp3) is 0.917. The molecule has 2 aliphatic rings. The maximum atomic E-state index is 10.9. The molecule has 2 rings (SSSR count). The first-order valence-electron chi connectivity index (χ1n) is 6.75. The largest absolute Gasteiger partial charge is 0.301 e. The average Bonchev–Trinajstić information content (AvgIpc) is 3.19. The molecule has 2 fully saturated rings. The second kappa shape index (κ2) is 6.33. The van der Waals surface area contributed by atoms with Crippen molar-refractivity contribution in [2.75, 3.05) is 32.7 Å². The Morgan fingerprint density at radius 3 is 2.47 bits per heavy atom. The van der Waals surface area contributed by atoms with Gasteiger partial charge in [-0.3, -0.25) is 15.1 Å². The van der Waals surface area contributed by atoms with Crippen LogP contribution in [0.3, 0.4) is 0 Å². The number of hydrogen-bond donors (Lipinski definition) is 2. The number of unbranched alkanes of at least 4 members (excludes halogenated alkanes) is 1. The van der Waals surface area contributed by atoms with E-state index in [2.05, 4.69) is 15.2 Å². The molecule has 1 aliphatic carbocycles. The highest BCUT2D eigenvalue weighted by Crippen LogP contribution is 2.27. The van der Waals surface area contributed by atoms with Crippen molar-refractivity contribution in [2.45, 2.75) is 38.1 Å². The normalized spacial score (nSPS) is 22.6. The molecule has 17 heavy (non-hydrogen) atoms. The minimum Gasteiger partial charge on any atom is -0.301 e. The molecule has 0 atom stereocenters. The predicted molar refractivity (Wildman–Crippen MR) is 67.2 cm³/mol. The van der Waals surface area contributed by atoms with Gasteiger partial charge in [0, 0.05) is 38.6 Å². The summed E-state index contributed by atoms with van der Waals surface area (Å²) in [5.74, 6) is 4.98. The van der Waals surface area contributed by atoms with Gasteiger partial charge in [-0.05, 0) is 32.2 Å². The molecule has 5 heteroatoms. The van der Waals surface area contributed by atoms with Gasteiger partial charge >= 0.3 is 0 Å². The Labute approximate surface area is 103 Å². The van der Waals surface area contributed by atoms with Crippen molar-refractivity contribution in [1.82, 2.24) is 15.2 Å². The van der Waals surface area contributed by atoms with Gasteiger partial charge in [0.05, 0.1) is 0 Å². The standard InChI is InChI=1S/C12H24N4O/c13-14-12(17)3-1-2-6-15-7-9-16(10-8-15)11-4-5-11/h11H,1-10,13H2,(H,14,17). The van der Waals surface area contributed by atoms with Crippen molar-refractivity contribution in [3.05, 3.63) is 0 Å². The number of nitrogens with one attached hydrogen (secondary N) is 1. The number of carbonyl (C=O) groups excluding carboxylic acids is 1. The fourth-order valence-electron chi connectivity index (χ4n) is 2.48. The highest BCUT2D eigenvalue weighted by Gasteiger charge is 2.30. The lowest BCUT2D eigenvalue weighted by Crippen LogP contribution is -2.47. The summed E-state index contributed by atoms with van der Waals surface area (Å²) in [7, 11) is 0. The molecule has 0 spiro atoms. The third-order valence-electron chi connectivity index (χ3n) is 3.76. The third kappa shape index (κ3) is 4.26. The molecule has 0 aromatic heterocycles. The third-order valence-corrected chi connectivity index (χ3v) is 3.76. The number of nitrogens with two attached hydrogens (primary N) is 1. The van der Waals surface area contributed by atoms with E-state index in [0.29, 0.717) is 6.42 Å². The molecule has 0 radical (unpaired) electrons. The lowest BCUT2D eigenvalue weighted by molar-refractivity contribution is -0.121. The Hall–Kier alpha value is -0.650. The smallest absolute Gasteiger partial charge is 0.233 e. The Balaban J connectivity index is 1.51. The summed E-state index contributed by atoms with van der Waals surface area (Å²) in [6.45, 7) is 5.97. The van der Waals surface area contributed by atoms with Gasteiger partial charge in [-0.1, -0.05) is 0 Å². The van der Waals surface area contributed by atoms with E-state index < -0.39 is 0 Å². The molecule has 0 unspecified atom stereocenters. The van der Waals surface area contributed by atoms with Crippen LogP contribution in [-0.4, -0.2) is 54.5 Å². The van der Waals surface area contributed by atoms with Crippen LogP contribution in [0.1, 0.15) is 32.1 Å². The van der Waals surface area contributed by atoms with Crippen LogP contribution >= 0.6 is 0 Å². The van der Waals surface area contributed by atoms with E-state index in [4.69, 9.17) is 5.84 Å². The number of nitrogens with zero attached hydrogens (tertiary/aromatic N) is 2. The Morgan fingerprint density at radius 1 is 1.18 bits per heavy atom. The maximum absolute atomic E-state index is 10.9. The van der Waals surface area contributed by atoms with Gasteiger partial charge in [0.15, 0.2) is 0 Å². The molecule has 5 nitrogen and oxygen atoms in total. The van der Waals surface area contributed by atoms with E-state index in [9.17, 15) is 4.79 Å². The first-order valence-corrected chi connectivity index (χ1v) is 6.75. The summed E-state index contributed by atoms with van der Waals surface area (Å²) in [6, 6.07) is 0.908. The SMILES string of the molecule is NNC(=O)CCCCN1CCN(C2CC2)CC1. The van der Waals surface area contributed by atoms with Crippen LogP contribution in [0, 0.1) is 0 Å². The monoisotopic (exact) mass is 240 g/mol. The predicted octanol–water partition coefficient (Wildman–Crippen LogP) is -0.0734. The van der Waals surface area contributed by atoms with E-state index in [1.165, 1.54) is 39.0 Å². The van der Waals surface area contributed by atoms with Crippen LogP contribution in [0.2, 0.25) is 0 Å². The second-order valence-corrected chi connectivity index (χ2v) is 5.13. The zero-order valence-electron chi connectivity index (χ0n) is 10.5. The molecule has 1 aliphatic heterocycles. The van der Waals surface area contributed by atoms with Crippen LogP contribution in [-0.2, 0) is 4.79 Å². The van der Waals surface area contributed by atoms with E-state index in [1.54, 1.807) is 0 Å². The molecule has 3 N–H and O–H groups in total. The van der Waals surface area contributed by atoms with Crippen LogP contribution < -0.4 is 11.3 Å². The Kier molecular flexibility index (Phi) is 4.76. The number of hydrazine groups is 1. The van der Waals surface area contributed by atoms with Gasteiger partial charge in [0.2, 0.25) is 5.91 Å². The molecule has 1 saturated carbocycles. The summed E-state index contributed by atoms with van der Waals surface area (Å²) < 4.78 is 0. The quantitative estimate of drug-likeness (QED) is 0.295. The molecule has 0 aromatic carbocycles. The van der Waals surface area contributed by atoms with Crippen molar-refractivity contribution in [1.29, 1.82) is 0 Å². The molecule has 1 saturated heterocycles. The van der Waals surface area contributed by atoms with Crippen molar-refractivity contribution in [3.8, 4) is 0 Å². The summed E-state index contributed by atoms with van der Waals surface area (Å²) >= 11 is 0. The summed E-state index contributed by atoms with van der Waals surface area (Å²) in [4.78, 5) is 16.1. The fourth-order valence-corrected chi connectivity index (χ4v) is 2.48. The zero-order chi connectivity index (χ0) is 12.1. The molecule has 1 amide bonds. The van der Waals surface area contributed by atoms with Gasteiger partial charge in [-0.2, -0.15) is 0 Å². The minimum absolute atomic E-state index is 0.0523. The van der Waals surface area contributed by atoms with Crippen molar-refractivity contribution in [2.24, 2.45) is 5.84 Å². The summed E-state index contributed by atoms with van der Waals surface area (Å²) in [6.07, 6.45) is 5.41. The highest BCUT2D eigenvalue weighted by atomic mass is 16.2. The minimum atomic E-state index is -0.0523. The van der Waals surface area contributed by atoms with Gasteiger partial charge < -0.3 is 4.90 Å². The summed E-state index contributed by atoms with van der Waals surface area (Å²) in [5, 5.41) is 0. The van der Waals surface area contributed by atoms with Crippen LogP contribution in [0.5, 0.6) is 0 Å². The van der Waals surface area contributed by atoms with Gasteiger partial charge in [0.25, 0.3) is 0 Å². The van der Waals surface area contributed by atoms with Crippen LogP contribution in [0.15, 0.2) is 0 Å². The van der Waals surface area contributed by atoms with Crippen molar-refractivity contribution < 1.29 is 4.79 Å². The van der Waals surface area contributed by atoms with Gasteiger partial charge in [-0.15, -0.1) is 0 Å². The molecular formula is C12H24N4O. The molecular weight excluding hydrogens is 216 g/mol. The van der Waals surface area contributed by atoms with E-state index >= 15 is 0 Å². The molecule has 98 valence electrons. The zero-order valence-corrected chi connectivity index (χ0v) is 10.5. The number of carbonyl (C=O) groups is 1. The average molecular weight is 240 g/mol. The topological polar surface area (TPSA) is 61.6 Å².